The van der Waals surface area contributed by atoms with Gasteiger partial charge in [-0.25, -0.2) is 9.69 Å². The first-order valence-corrected chi connectivity index (χ1v) is 8.42. The molecule has 1 aliphatic heterocycles. The molecule has 1 aromatic rings. The van der Waals surface area contributed by atoms with Gasteiger partial charge in [-0.05, 0) is 58.2 Å². The number of anilines is 1. The minimum atomic E-state index is -0.684. The van der Waals surface area contributed by atoms with Crippen LogP contribution in [-0.2, 0) is 9.53 Å². The lowest BCUT2D eigenvalue weighted by molar-refractivity contribution is -0.112. The predicted octanol–water partition coefficient (Wildman–Crippen LogP) is 5.12. The summed E-state index contributed by atoms with van der Waals surface area (Å²) in [7, 11) is 0. The van der Waals surface area contributed by atoms with Gasteiger partial charge in [0.15, 0.2) is 0 Å². The predicted molar refractivity (Wildman–Crippen MR) is 95.1 cm³/mol. The summed E-state index contributed by atoms with van der Waals surface area (Å²) in [6.07, 6.45) is 6.40. The number of hydrogen-bond donors (Lipinski definition) is 0. The van der Waals surface area contributed by atoms with E-state index in [9.17, 15) is 9.59 Å². The van der Waals surface area contributed by atoms with E-state index in [-0.39, 0.29) is 5.91 Å². The van der Waals surface area contributed by atoms with Crippen LogP contribution in [0.25, 0.3) is 5.57 Å². The molecule has 1 aromatic carbocycles. The molecule has 2 aliphatic rings. The highest BCUT2D eigenvalue weighted by atomic mass is 35.5. The highest BCUT2D eigenvalue weighted by Gasteiger charge is 2.39. The molecule has 1 aliphatic carbocycles. The van der Waals surface area contributed by atoms with Gasteiger partial charge in [-0.15, -0.1) is 0 Å². The molecule has 0 saturated heterocycles. The van der Waals surface area contributed by atoms with E-state index in [4.69, 9.17) is 16.3 Å². The first-order valence-electron chi connectivity index (χ1n) is 8.04. The van der Waals surface area contributed by atoms with Crippen LogP contribution in [0.4, 0.5) is 10.5 Å². The van der Waals surface area contributed by atoms with Gasteiger partial charge in [0, 0.05) is 10.6 Å². The zero-order chi connectivity index (χ0) is 17.5. The molecular weight excluding hydrogens is 326 g/mol. The Morgan fingerprint density at radius 1 is 1.33 bits per heavy atom. The summed E-state index contributed by atoms with van der Waals surface area (Å²) in [5.41, 5.74) is 2.15. The molecule has 0 spiro atoms. The normalized spacial score (nSPS) is 18.8. The Bertz CT molecular complexity index is 771. The topological polar surface area (TPSA) is 46.6 Å². The smallest absolute Gasteiger partial charge is 0.422 e. The molecule has 4 nitrogen and oxygen atoms in total. The fourth-order valence-corrected chi connectivity index (χ4v) is 3.07. The number of nitrogens with zero attached hydrogens (tertiary/aromatic N) is 1. The van der Waals surface area contributed by atoms with Crippen molar-refractivity contribution in [2.24, 2.45) is 0 Å². The average molecular weight is 346 g/mol. The van der Waals surface area contributed by atoms with Crippen molar-refractivity contribution in [3.63, 3.8) is 0 Å². The number of rotatable bonds is 1. The molecule has 0 N–H and O–H groups in total. The van der Waals surface area contributed by atoms with Gasteiger partial charge in [-0.2, -0.15) is 0 Å². The molecule has 5 heteroatoms. The van der Waals surface area contributed by atoms with Crippen LogP contribution >= 0.6 is 11.6 Å². The molecule has 0 radical (unpaired) electrons. The van der Waals surface area contributed by atoms with E-state index in [0.717, 1.165) is 29.7 Å². The second-order valence-corrected chi connectivity index (χ2v) is 7.45. The Kier molecular flexibility index (Phi) is 4.26. The largest absolute Gasteiger partial charge is 0.443 e. The van der Waals surface area contributed by atoms with Gasteiger partial charge in [0.2, 0.25) is 0 Å². The third-order valence-electron chi connectivity index (χ3n) is 3.91. The van der Waals surface area contributed by atoms with Crippen LogP contribution < -0.4 is 4.90 Å². The lowest BCUT2D eigenvalue weighted by atomic mass is 10.0. The SMILES string of the molecule is CC(C)(C)OC(=O)N1C(=O)/C(=C/C2=CCCC2)c2ccc(Cl)cc21. The third kappa shape index (κ3) is 3.24. The van der Waals surface area contributed by atoms with E-state index < -0.39 is 11.7 Å². The fourth-order valence-electron chi connectivity index (χ4n) is 2.90. The quantitative estimate of drug-likeness (QED) is 0.664. The molecule has 0 atom stereocenters. The van der Waals surface area contributed by atoms with Crippen molar-refractivity contribution in [2.75, 3.05) is 4.90 Å². The van der Waals surface area contributed by atoms with Crippen LogP contribution in [0.1, 0.15) is 45.6 Å². The van der Waals surface area contributed by atoms with Crippen molar-refractivity contribution in [3.8, 4) is 0 Å². The second-order valence-electron chi connectivity index (χ2n) is 7.01. The maximum absolute atomic E-state index is 12.9. The van der Waals surface area contributed by atoms with E-state index >= 15 is 0 Å². The zero-order valence-electron chi connectivity index (χ0n) is 14.1. The number of hydrogen-bond acceptors (Lipinski definition) is 3. The number of amides is 2. The number of carbonyl (C=O) groups excluding carboxylic acids is 2. The van der Waals surface area contributed by atoms with Crippen LogP contribution in [-0.4, -0.2) is 17.6 Å². The van der Waals surface area contributed by atoms with Crippen LogP contribution in [0.3, 0.4) is 0 Å². The van der Waals surface area contributed by atoms with Crippen molar-refractivity contribution in [3.05, 3.63) is 46.5 Å². The number of benzene rings is 1. The van der Waals surface area contributed by atoms with Gasteiger partial charge in [0.25, 0.3) is 5.91 Å². The van der Waals surface area contributed by atoms with Crippen molar-refractivity contribution in [1.82, 2.24) is 0 Å². The molecule has 0 bridgehead atoms. The Morgan fingerprint density at radius 3 is 2.71 bits per heavy atom. The fraction of sp³-hybridized carbons (Fsp3) is 0.368. The van der Waals surface area contributed by atoms with E-state index in [1.165, 1.54) is 0 Å². The first kappa shape index (κ1) is 16.8. The Morgan fingerprint density at radius 2 is 2.08 bits per heavy atom. The zero-order valence-corrected chi connectivity index (χ0v) is 14.8. The molecule has 0 aromatic heterocycles. The maximum Gasteiger partial charge on any atom is 0.422 e. The number of carbonyl (C=O) groups is 2. The lowest BCUT2D eigenvalue weighted by Crippen LogP contribution is -2.38. The van der Waals surface area contributed by atoms with Crippen LogP contribution in [0.15, 0.2) is 35.9 Å². The second kappa shape index (κ2) is 6.10. The maximum atomic E-state index is 12.9. The number of fused-ring (bicyclic) bond motifs is 1. The Hall–Kier alpha value is -2.07. The van der Waals surface area contributed by atoms with Crippen molar-refractivity contribution in [1.29, 1.82) is 0 Å². The van der Waals surface area contributed by atoms with Gasteiger partial charge in [0.1, 0.15) is 5.60 Å². The summed E-state index contributed by atoms with van der Waals surface area (Å²) >= 11 is 6.07. The lowest BCUT2D eigenvalue weighted by Gasteiger charge is -2.23. The Labute approximate surface area is 146 Å². The molecule has 0 unspecified atom stereocenters. The van der Waals surface area contributed by atoms with Crippen molar-refractivity contribution < 1.29 is 14.3 Å². The van der Waals surface area contributed by atoms with Gasteiger partial charge < -0.3 is 4.74 Å². The molecule has 3 rings (SSSR count). The van der Waals surface area contributed by atoms with Crippen molar-refractivity contribution in [2.45, 2.75) is 45.6 Å². The minimum absolute atomic E-state index is 0.366. The summed E-state index contributed by atoms with van der Waals surface area (Å²) < 4.78 is 5.39. The van der Waals surface area contributed by atoms with Crippen LogP contribution in [0.5, 0.6) is 0 Å². The van der Waals surface area contributed by atoms with E-state index in [0.29, 0.717) is 21.8 Å². The molecule has 24 heavy (non-hydrogen) atoms. The molecule has 126 valence electrons. The molecular formula is C19H20ClNO3. The van der Waals surface area contributed by atoms with E-state index in [1.807, 2.05) is 6.08 Å². The van der Waals surface area contributed by atoms with Crippen LogP contribution in [0, 0.1) is 0 Å². The number of imide groups is 1. The highest BCUT2D eigenvalue weighted by molar-refractivity contribution is 6.40. The monoisotopic (exact) mass is 345 g/mol. The number of halogens is 1. The molecule has 1 heterocycles. The molecule has 0 saturated carbocycles. The van der Waals surface area contributed by atoms with Crippen LogP contribution in [0.2, 0.25) is 5.02 Å². The summed E-state index contributed by atoms with van der Waals surface area (Å²) in [6, 6.07) is 5.13. The highest BCUT2D eigenvalue weighted by Crippen LogP contribution is 2.40. The summed E-state index contributed by atoms with van der Waals surface area (Å²) in [4.78, 5) is 26.5. The number of allylic oxidation sites excluding steroid dienone is 3. The van der Waals surface area contributed by atoms with Crippen molar-refractivity contribution >= 4 is 34.9 Å². The Balaban J connectivity index is 2.04. The molecule has 2 amide bonds. The summed E-state index contributed by atoms with van der Waals surface area (Å²) in [6.45, 7) is 5.30. The van der Waals surface area contributed by atoms with Gasteiger partial charge in [0.05, 0.1) is 11.3 Å². The minimum Gasteiger partial charge on any atom is -0.443 e. The van der Waals surface area contributed by atoms with Gasteiger partial charge in [-0.1, -0.05) is 29.3 Å². The summed E-state index contributed by atoms with van der Waals surface area (Å²) in [5, 5.41) is 0.469. The van der Waals surface area contributed by atoms with Gasteiger partial charge in [-0.3, -0.25) is 4.79 Å². The standard InChI is InChI=1S/C19H20ClNO3/c1-19(2,3)24-18(23)21-16-11-13(20)8-9-14(16)15(17(21)22)10-12-6-4-5-7-12/h6,8-11H,4-5,7H2,1-3H3/b15-10+. The van der Waals surface area contributed by atoms with E-state index in [2.05, 4.69) is 6.08 Å². The summed E-state index contributed by atoms with van der Waals surface area (Å²) in [5.74, 6) is -0.366. The van der Waals surface area contributed by atoms with E-state index in [1.54, 1.807) is 39.0 Å². The average Bonchev–Trinajstić information content (AvgIpc) is 3.05. The molecule has 0 fully saturated rings. The first-order chi connectivity index (χ1) is 11.3. The third-order valence-corrected chi connectivity index (χ3v) is 4.14. The van der Waals surface area contributed by atoms with Gasteiger partial charge >= 0.3 is 6.09 Å². The number of ether oxygens (including phenoxy) is 1.